The van der Waals surface area contributed by atoms with Crippen molar-refractivity contribution in [2.24, 2.45) is 0 Å². The van der Waals surface area contributed by atoms with Gasteiger partial charge in [0.15, 0.2) is 0 Å². The number of hydrogen-bond donors (Lipinski definition) is 0. The molecule has 1 saturated heterocycles. The van der Waals surface area contributed by atoms with E-state index >= 15 is 0 Å². The number of rotatable bonds is 4. The Morgan fingerprint density at radius 1 is 1.12 bits per heavy atom. The highest BCUT2D eigenvalue weighted by molar-refractivity contribution is 5.84. The second-order valence-electron chi connectivity index (χ2n) is 6.42. The number of nitrogens with zero attached hydrogens (tertiary/aromatic N) is 4. The molecular formula is C20H22N4O2. The largest absolute Gasteiger partial charge is 0.497 e. The van der Waals surface area contributed by atoms with E-state index in [4.69, 9.17) is 4.74 Å². The Hall–Kier alpha value is -3.02. The van der Waals surface area contributed by atoms with Crippen LogP contribution in [0.1, 0.15) is 0 Å². The summed E-state index contributed by atoms with van der Waals surface area (Å²) in [6, 6.07) is 13.9. The molecule has 0 aliphatic carbocycles. The number of ether oxygens (including phenoxy) is 1. The number of benzene rings is 1. The lowest BCUT2D eigenvalue weighted by Gasteiger charge is -2.35. The van der Waals surface area contributed by atoms with Crippen molar-refractivity contribution >= 4 is 22.6 Å². The van der Waals surface area contributed by atoms with Gasteiger partial charge in [-0.3, -0.25) is 4.79 Å². The zero-order valence-corrected chi connectivity index (χ0v) is 14.8. The molecule has 26 heavy (non-hydrogen) atoms. The fraction of sp³-hybridized carbons (Fsp3) is 0.300. The normalized spacial score (nSPS) is 14.7. The molecule has 2 aromatic heterocycles. The molecule has 1 amide bonds. The average molecular weight is 350 g/mol. The van der Waals surface area contributed by atoms with Gasteiger partial charge in [0.1, 0.15) is 18.1 Å². The molecule has 6 nitrogen and oxygen atoms in total. The van der Waals surface area contributed by atoms with E-state index in [0.717, 1.165) is 48.6 Å². The zero-order chi connectivity index (χ0) is 17.9. The van der Waals surface area contributed by atoms with Crippen LogP contribution in [0.4, 0.5) is 5.82 Å². The first-order chi connectivity index (χ1) is 12.7. The highest BCUT2D eigenvalue weighted by Crippen LogP contribution is 2.22. The van der Waals surface area contributed by atoms with Gasteiger partial charge in [-0.15, -0.1) is 0 Å². The molecule has 1 aromatic carbocycles. The molecular weight excluding hydrogens is 328 g/mol. The summed E-state index contributed by atoms with van der Waals surface area (Å²) in [6.45, 7) is 3.43. The lowest BCUT2D eigenvalue weighted by atomic mass is 10.2. The lowest BCUT2D eigenvalue weighted by Crippen LogP contribution is -2.49. The van der Waals surface area contributed by atoms with E-state index in [1.54, 1.807) is 13.3 Å². The van der Waals surface area contributed by atoms with Crippen LogP contribution < -0.4 is 9.64 Å². The maximum absolute atomic E-state index is 12.7. The number of fused-ring (bicyclic) bond motifs is 1. The van der Waals surface area contributed by atoms with Crippen LogP contribution in [0.5, 0.6) is 5.75 Å². The first-order valence-electron chi connectivity index (χ1n) is 8.81. The summed E-state index contributed by atoms with van der Waals surface area (Å²) in [5.74, 6) is 1.95. The van der Waals surface area contributed by atoms with Crippen LogP contribution in [0.2, 0.25) is 0 Å². The second-order valence-corrected chi connectivity index (χ2v) is 6.42. The summed E-state index contributed by atoms with van der Waals surface area (Å²) in [5.41, 5.74) is 1.05. The third-order valence-electron chi connectivity index (χ3n) is 4.89. The second kappa shape index (κ2) is 7.07. The van der Waals surface area contributed by atoms with Crippen LogP contribution in [0, 0.1) is 0 Å². The first kappa shape index (κ1) is 16.4. The minimum atomic E-state index is 0.152. The molecule has 3 aromatic rings. The molecule has 0 atom stereocenters. The van der Waals surface area contributed by atoms with Gasteiger partial charge in [0.25, 0.3) is 0 Å². The van der Waals surface area contributed by atoms with Crippen LogP contribution in [0.3, 0.4) is 0 Å². The molecule has 134 valence electrons. The van der Waals surface area contributed by atoms with Crippen LogP contribution in [-0.2, 0) is 11.3 Å². The van der Waals surface area contributed by atoms with Gasteiger partial charge in [-0.25, -0.2) is 4.98 Å². The molecule has 1 aliphatic heterocycles. The molecule has 0 N–H and O–H groups in total. The molecule has 0 spiro atoms. The van der Waals surface area contributed by atoms with Crippen molar-refractivity contribution < 1.29 is 9.53 Å². The Balaban J connectivity index is 1.40. The van der Waals surface area contributed by atoms with Crippen LogP contribution in [-0.4, -0.2) is 53.6 Å². The van der Waals surface area contributed by atoms with E-state index in [-0.39, 0.29) is 5.91 Å². The van der Waals surface area contributed by atoms with E-state index in [1.165, 1.54) is 0 Å². The van der Waals surface area contributed by atoms with E-state index in [9.17, 15) is 4.79 Å². The Kier molecular flexibility index (Phi) is 4.48. The highest BCUT2D eigenvalue weighted by atomic mass is 16.5. The minimum Gasteiger partial charge on any atom is -0.497 e. The van der Waals surface area contributed by atoms with Gasteiger partial charge in [-0.1, -0.05) is 6.07 Å². The van der Waals surface area contributed by atoms with Crippen LogP contribution in [0.15, 0.2) is 54.9 Å². The average Bonchev–Trinajstić information content (AvgIpc) is 3.10. The number of carbonyl (C=O) groups excluding carboxylic acids is 1. The quantitative estimate of drug-likeness (QED) is 0.725. The fourth-order valence-electron chi connectivity index (χ4n) is 3.41. The number of pyridine rings is 1. The Labute approximate surface area is 152 Å². The van der Waals surface area contributed by atoms with Gasteiger partial charge in [-0.05, 0) is 36.4 Å². The number of aromatic nitrogens is 2. The summed E-state index contributed by atoms with van der Waals surface area (Å²) >= 11 is 0. The minimum absolute atomic E-state index is 0.152. The summed E-state index contributed by atoms with van der Waals surface area (Å²) in [4.78, 5) is 21.3. The first-order valence-corrected chi connectivity index (χ1v) is 8.81. The van der Waals surface area contributed by atoms with E-state index in [2.05, 4.69) is 9.88 Å². The Morgan fingerprint density at radius 3 is 2.69 bits per heavy atom. The molecule has 6 heteroatoms. The maximum Gasteiger partial charge on any atom is 0.242 e. The number of anilines is 1. The molecule has 1 fully saturated rings. The van der Waals surface area contributed by atoms with Crippen molar-refractivity contribution in [2.45, 2.75) is 6.54 Å². The molecule has 1 aliphatic rings. The van der Waals surface area contributed by atoms with Crippen molar-refractivity contribution in [3.63, 3.8) is 0 Å². The van der Waals surface area contributed by atoms with Crippen molar-refractivity contribution in [1.29, 1.82) is 0 Å². The summed E-state index contributed by atoms with van der Waals surface area (Å²) in [7, 11) is 1.66. The molecule has 3 heterocycles. The zero-order valence-electron chi connectivity index (χ0n) is 14.8. The maximum atomic E-state index is 12.7. The summed E-state index contributed by atoms with van der Waals surface area (Å²) < 4.78 is 7.26. The number of carbonyl (C=O) groups is 1. The number of piperazine rings is 1. The standard InChI is InChI=1S/C20H22N4O2/c1-26-17-5-6-18-16(14-17)7-9-24(18)15-20(25)23-12-10-22(11-13-23)19-4-2-3-8-21-19/h2-9,14H,10-13,15H2,1H3. The van der Waals surface area contributed by atoms with Gasteiger partial charge >= 0.3 is 0 Å². The molecule has 0 radical (unpaired) electrons. The smallest absolute Gasteiger partial charge is 0.242 e. The van der Waals surface area contributed by atoms with Gasteiger partial charge in [-0.2, -0.15) is 0 Å². The van der Waals surface area contributed by atoms with Gasteiger partial charge in [0.2, 0.25) is 5.91 Å². The molecule has 0 saturated carbocycles. The predicted molar refractivity (Wildman–Crippen MR) is 102 cm³/mol. The highest BCUT2D eigenvalue weighted by Gasteiger charge is 2.22. The van der Waals surface area contributed by atoms with Gasteiger partial charge in [0, 0.05) is 49.5 Å². The molecule has 0 bridgehead atoms. The lowest BCUT2D eigenvalue weighted by molar-refractivity contribution is -0.132. The Morgan fingerprint density at radius 2 is 1.96 bits per heavy atom. The molecule has 4 rings (SSSR count). The van der Waals surface area contributed by atoms with Gasteiger partial charge < -0.3 is 19.1 Å². The topological polar surface area (TPSA) is 50.6 Å². The van der Waals surface area contributed by atoms with Gasteiger partial charge in [0.05, 0.1) is 7.11 Å². The third kappa shape index (κ3) is 3.22. The van der Waals surface area contributed by atoms with Crippen molar-refractivity contribution in [3.05, 3.63) is 54.9 Å². The van der Waals surface area contributed by atoms with Crippen molar-refractivity contribution in [2.75, 3.05) is 38.2 Å². The van der Waals surface area contributed by atoms with Crippen molar-refractivity contribution in [1.82, 2.24) is 14.5 Å². The summed E-state index contributed by atoms with van der Waals surface area (Å²) in [5, 5.41) is 1.08. The van der Waals surface area contributed by atoms with Crippen molar-refractivity contribution in [3.8, 4) is 5.75 Å². The van der Waals surface area contributed by atoms with E-state index in [0.29, 0.717) is 6.54 Å². The Bertz CT molecular complexity index is 899. The number of hydrogen-bond acceptors (Lipinski definition) is 4. The van der Waals surface area contributed by atoms with E-state index in [1.807, 2.05) is 58.1 Å². The molecule has 0 unspecified atom stereocenters. The fourth-order valence-corrected chi connectivity index (χ4v) is 3.41. The predicted octanol–water partition coefficient (Wildman–Crippen LogP) is 2.39. The third-order valence-corrected chi connectivity index (χ3v) is 4.89. The number of methoxy groups -OCH3 is 1. The SMILES string of the molecule is COc1ccc2c(ccn2CC(=O)N2CCN(c3ccccn3)CC2)c1. The summed E-state index contributed by atoms with van der Waals surface area (Å²) in [6.07, 6.45) is 3.77. The van der Waals surface area contributed by atoms with Crippen LogP contribution in [0.25, 0.3) is 10.9 Å². The monoisotopic (exact) mass is 350 g/mol. The van der Waals surface area contributed by atoms with E-state index < -0.39 is 0 Å². The number of amides is 1. The van der Waals surface area contributed by atoms with Crippen LogP contribution >= 0.6 is 0 Å².